The summed E-state index contributed by atoms with van der Waals surface area (Å²) in [5.41, 5.74) is 5.71. The van der Waals surface area contributed by atoms with Gasteiger partial charge in [-0.1, -0.05) is 0 Å². The second kappa shape index (κ2) is 9.49. The minimum atomic E-state index is -4.59. The Morgan fingerprint density at radius 2 is 1.86 bits per heavy atom. The number of aromatic nitrogens is 2. The quantitative estimate of drug-likeness (QED) is 0.522. The third-order valence-corrected chi connectivity index (χ3v) is 6.03. The maximum Gasteiger partial charge on any atom is 0.416 e. The van der Waals surface area contributed by atoms with Crippen LogP contribution in [0.5, 0.6) is 0 Å². The monoisotopic (exact) mass is 488 g/mol. The van der Waals surface area contributed by atoms with Gasteiger partial charge in [-0.2, -0.15) is 13.2 Å². The van der Waals surface area contributed by atoms with Crippen LogP contribution in [0, 0.1) is 5.82 Å². The zero-order valence-corrected chi connectivity index (χ0v) is 19.1. The number of hydrogen-bond acceptors (Lipinski definition) is 6. The van der Waals surface area contributed by atoms with E-state index in [2.05, 4.69) is 20.2 Å². The van der Waals surface area contributed by atoms with E-state index in [0.717, 1.165) is 37.7 Å². The molecule has 1 amide bonds. The Balaban J connectivity index is 1.68. The number of likely N-dealkylation sites (tertiary alicyclic amines) is 1. The molecular formula is C24H24F4N6O. The highest BCUT2D eigenvalue weighted by Gasteiger charge is 2.32. The van der Waals surface area contributed by atoms with Crippen molar-refractivity contribution in [2.24, 2.45) is 0 Å². The van der Waals surface area contributed by atoms with Crippen LogP contribution >= 0.6 is 0 Å². The van der Waals surface area contributed by atoms with Crippen LogP contribution in [0.15, 0.2) is 48.8 Å². The van der Waals surface area contributed by atoms with E-state index in [1.165, 1.54) is 30.6 Å². The maximum atomic E-state index is 14.4. The standard InChI is InChI=1S/C24H24F4N6O/c1-33-6-5-19(13-33)34(2)21-4-3-17(24(26,27)28)10-20(21)32-22(35)15-7-14(8-18(25)9-15)16-11-30-23(29)31-12-16/h3-4,7-12,19H,5-6,13H2,1-2H3,(H,32,35)(H2,29,30,31)/t19-/m1/s1. The van der Waals surface area contributed by atoms with Gasteiger partial charge in [0.2, 0.25) is 5.95 Å². The first-order valence-corrected chi connectivity index (χ1v) is 10.8. The van der Waals surface area contributed by atoms with Gasteiger partial charge in [-0.15, -0.1) is 0 Å². The van der Waals surface area contributed by atoms with Gasteiger partial charge in [-0.25, -0.2) is 14.4 Å². The summed E-state index contributed by atoms with van der Waals surface area (Å²) in [5, 5.41) is 2.56. The minimum Gasteiger partial charge on any atom is -0.369 e. The predicted molar refractivity (Wildman–Crippen MR) is 126 cm³/mol. The van der Waals surface area contributed by atoms with Gasteiger partial charge in [0.25, 0.3) is 5.91 Å². The minimum absolute atomic E-state index is 0.0106. The second-order valence-electron chi connectivity index (χ2n) is 8.56. The molecule has 1 atom stereocenters. The molecule has 2 aromatic carbocycles. The molecule has 0 spiro atoms. The smallest absolute Gasteiger partial charge is 0.369 e. The molecule has 1 aromatic heterocycles. The van der Waals surface area contributed by atoms with Crippen molar-refractivity contribution in [2.45, 2.75) is 18.6 Å². The van der Waals surface area contributed by atoms with Crippen molar-refractivity contribution in [2.75, 3.05) is 43.1 Å². The number of alkyl halides is 3. The Labute approximate surface area is 199 Å². The highest BCUT2D eigenvalue weighted by Crippen LogP contribution is 2.37. The van der Waals surface area contributed by atoms with Crippen molar-refractivity contribution >= 4 is 23.2 Å². The third-order valence-electron chi connectivity index (χ3n) is 6.03. The first kappa shape index (κ1) is 24.4. The molecule has 0 saturated carbocycles. The Kier molecular flexibility index (Phi) is 6.62. The number of benzene rings is 2. The molecule has 3 N–H and O–H groups in total. The van der Waals surface area contributed by atoms with Crippen molar-refractivity contribution in [3.8, 4) is 11.1 Å². The summed E-state index contributed by atoms with van der Waals surface area (Å²) in [6, 6.07) is 6.93. The molecule has 1 fully saturated rings. The van der Waals surface area contributed by atoms with E-state index >= 15 is 0 Å². The van der Waals surface area contributed by atoms with Gasteiger partial charge < -0.3 is 20.9 Å². The molecule has 11 heteroatoms. The molecule has 2 heterocycles. The highest BCUT2D eigenvalue weighted by molar-refractivity contribution is 6.06. The van der Waals surface area contributed by atoms with Gasteiger partial charge in [0, 0.05) is 43.2 Å². The summed E-state index contributed by atoms with van der Waals surface area (Å²) in [5.74, 6) is -1.41. The summed E-state index contributed by atoms with van der Waals surface area (Å²) < 4.78 is 54.6. The van der Waals surface area contributed by atoms with E-state index in [1.54, 1.807) is 7.05 Å². The van der Waals surface area contributed by atoms with E-state index in [-0.39, 0.29) is 23.2 Å². The normalized spacial score (nSPS) is 16.3. The van der Waals surface area contributed by atoms with Crippen LogP contribution in [0.2, 0.25) is 0 Å². The second-order valence-corrected chi connectivity index (χ2v) is 8.56. The van der Waals surface area contributed by atoms with Crippen LogP contribution < -0.4 is 16.0 Å². The van der Waals surface area contributed by atoms with Gasteiger partial charge in [-0.05, 0) is 62.0 Å². The van der Waals surface area contributed by atoms with Gasteiger partial charge >= 0.3 is 6.18 Å². The van der Waals surface area contributed by atoms with Crippen LogP contribution in [0.1, 0.15) is 22.3 Å². The van der Waals surface area contributed by atoms with E-state index in [9.17, 15) is 22.4 Å². The van der Waals surface area contributed by atoms with Crippen molar-refractivity contribution in [3.05, 3.63) is 65.7 Å². The van der Waals surface area contributed by atoms with Gasteiger partial charge in [-0.3, -0.25) is 4.79 Å². The summed E-state index contributed by atoms with van der Waals surface area (Å²) in [6.07, 6.45) is -0.988. The number of likely N-dealkylation sites (N-methyl/N-ethyl adjacent to an activating group) is 2. The van der Waals surface area contributed by atoms with E-state index in [0.29, 0.717) is 16.8 Å². The number of nitrogens with zero attached hydrogens (tertiary/aromatic N) is 4. The van der Waals surface area contributed by atoms with Crippen LogP contribution in [-0.4, -0.2) is 54.0 Å². The van der Waals surface area contributed by atoms with Crippen LogP contribution in [-0.2, 0) is 6.18 Å². The fraction of sp³-hybridized carbons (Fsp3) is 0.292. The molecule has 184 valence electrons. The molecule has 4 rings (SSSR count). The van der Waals surface area contributed by atoms with Crippen molar-refractivity contribution in [1.29, 1.82) is 0 Å². The molecule has 1 aliphatic heterocycles. The zero-order chi connectivity index (χ0) is 25.3. The lowest BCUT2D eigenvalue weighted by Crippen LogP contribution is -2.34. The summed E-state index contributed by atoms with van der Waals surface area (Å²) in [6.45, 7) is 1.60. The highest BCUT2D eigenvalue weighted by atomic mass is 19.4. The van der Waals surface area contributed by atoms with Crippen LogP contribution in [0.4, 0.5) is 34.9 Å². The number of nitrogens with one attached hydrogen (secondary N) is 1. The van der Waals surface area contributed by atoms with Crippen molar-refractivity contribution < 1.29 is 22.4 Å². The summed E-state index contributed by atoms with van der Waals surface area (Å²) in [4.78, 5) is 24.8. The van der Waals surface area contributed by atoms with Crippen LogP contribution in [0.3, 0.4) is 0 Å². The van der Waals surface area contributed by atoms with Crippen molar-refractivity contribution in [3.63, 3.8) is 0 Å². The Bertz CT molecular complexity index is 1230. The molecule has 7 nitrogen and oxygen atoms in total. The summed E-state index contributed by atoms with van der Waals surface area (Å²) >= 11 is 0. The summed E-state index contributed by atoms with van der Waals surface area (Å²) in [7, 11) is 3.75. The molecule has 3 aromatic rings. The molecule has 0 radical (unpaired) electrons. The predicted octanol–water partition coefficient (Wildman–Crippen LogP) is 4.28. The largest absolute Gasteiger partial charge is 0.416 e. The number of hydrogen-bond donors (Lipinski definition) is 2. The van der Waals surface area contributed by atoms with Gasteiger partial charge in [0.1, 0.15) is 5.82 Å². The van der Waals surface area contributed by atoms with E-state index < -0.39 is 23.5 Å². The van der Waals surface area contributed by atoms with Crippen molar-refractivity contribution in [1.82, 2.24) is 14.9 Å². The first-order chi connectivity index (χ1) is 16.5. The Morgan fingerprint density at radius 3 is 2.49 bits per heavy atom. The lowest BCUT2D eigenvalue weighted by molar-refractivity contribution is -0.137. The first-order valence-electron chi connectivity index (χ1n) is 10.8. The lowest BCUT2D eigenvalue weighted by Gasteiger charge is -2.29. The Hall–Kier alpha value is -3.73. The number of amides is 1. The molecule has 1 saturated heterocycles. The average Bonchev–Trinajstić information content (AvgIpc) is 3.24. The number of nitrogen functional groups attached to an aromatic ring is 1. The van der Waals surface area contributed by atoms with Crippen LogP contribution in [0.25, 0.3) is 11.1 Å². The Morgan fingerprint density at radius 1 is 1.14 bits per heavy atom. The molecule has 0 unspecified atom stereocenters. The SMILES string of the molecule is CN1CC[C@@H](N(C)c2ccc(C(F)(F)F)cc2NC(=O)c2cc(F)cc(-c3cnc(N)nc3)c2)C1. The maximum absolute atomic E-state index is 14.4. The number of carbonyl (C=O) groups excluding carboxylic acids is 1. The molecule has 35 heavy (non-hydrogen) atoms. The molecule has 0 aliphatic carbocycles. The van der Waals surface area contributed by atoms with E-state index in [4.69, 9.17) is 5.73 Å². The number of nitrogens with two attached hydrogens (primary N) is 1. The third kappa shape index (κ3) is 5.51. The number of rotatable bonds is 5. The fourth-order valence-electron chi connectivity index (χ4n) is 4.11. The van der Waals surface area contributed by atoms with Gasteiger partial charge in [0.15, 0.2) is 0 Å². The average molecular weight is 488 g/mol. The molecule has 1 aliphatic rings. The number of halogens is 4. The lowest BCUT2D eigenvalue weighted by atomic mass is 10.0. The van der Waals surface area contributed by atoms with Gasteiger partial charge in [0.05, 0.1) is 16.9 Å². The number of carbonyl (C=O) groups is 1. The topological polar surface area (TPSA) is 87.4 Å². The fourth-order valence-corrected chi connectivity index (χ4v) is 4.11. The zero-order valence-electron chi connectivity index (χ0n) is 19.1. The molecular weight excluding hydrogens is 464 g/mol. The number of anilines is 3. The van der Waals surface area contributed by atoms with E-state index in [1.807, 2.05) is 11.9 Å². The molecule has 0 bridgehead atoms.